The molecule has 0 amide bonds. The summed E-state index contributed by atoms with van der Waals surface area (Å²) in [6.07, 6.45) is 13.0. The second kappa shape index (κ2) is 33.8. The van der Waals surface area contributed by atoms with Crippen LogP contribution in [0, 0.1) is 0 Å². The minimum absolute atomic E-state index is 1.15. The quantitative estimate of drug-likeness (QED) is 0.0744. The van der Waals surface area contributed by atoms with E-state index < -0.39 is 0 Å². The largest absolute Gasteiger partial charge is 0.305 e. The Morgan fingerprint density at radius 2 is 0.479 bits per heavy atom. The first-order valence-electron chi connectivity index (χ1n) is 20.9. The molecule has 0 saturated heterocycles. The van der Waals surface area contributed by atoms with Crippen LogP contribution in [-0.4, -0.2) is 198 Å². The van der Waals surface area contributed by atoms with Gasteiger partial charge in [-0.2, -0.15) is 0 Å². The lowest BCUT2D eigenvalue weighted by atomic mass is 10.2. The molecule has 0 radical (unpaired) electrons. The van der Waals surface area contributed by atoms with Crippen molar-refractivity contribution in [2.75, 3.05) is 159 Å². The highest BCUT2D eigenvalue weighted by atomic mass is 15.3. The highest BCUT2D eigenvalue weighted by molar-refractivity contribution is 4.71. The number of hydrogen-bond acceptors (Lipinski definition) is 8. The maximum atomic E-state index is 2.77. The van der Waals surface area contributed by atoms with Crippen LogP contribution in [0.4, 0.5) is 0 Å². The van der Waals surface area contributed by atoms with Crippen molar-refractivity contribution in [3.63, 3.8) is 0 Å². The summed E-state index contributed by atoms with van der Waals surface area (Å²) in [5.74, 6) is 0. The fourth-order valence-electron chi connectivity index (χ4n) is 6.52. The molecule has 0 aliphatic heterocycles. The van der Waals surface area contributed by atoms with Crippen LogP contribution in [0.15, 0.2) is 0 Å². The lowest BCUT2D eigenvalue weighted by molar-refractivity contribution is 0.149. The molecule has 0 aromatic carbocycles. The molecule has 0 aromatic heterocycles. The standard InChI is InChI=1S/C40H90N8/c1-11-17-19-20-26-46(25-18-12-2)38-40-48(35-29-43(9)23-15-5)36-31-44(10)30-32-45(24-16-6)37-39-47(33-27-41(7)21-13-3)34-28-42(8)22-14-4/h11-40H2,1-10H3. The summed E-state index contributed by atoms with van der Waals surface area (Å²) in [6.45, 7) is 37.7. The molecule has 0 fully saturated rings. The van der Waals surface area contributed by atoms with Crippen LogP contribution in [0.3, 0.4) is 0 Å². The van der Waals surface area contributed by atoms with Crippen molar-refractivity contribution < 1.29 is 0 Å². The summed E-state index contributed by atoms with van der Waals surface area (Å²) in [5, 5.41) is 0. The van der Waals surface area contributed by atoms with Gasteiger partial charge in [0.15, 0.2) is 0 Å². The first kappa shape index (κ1) is 47.7. The molecule has 8 nitrogen and oxygen atoms in total. The summed E-state index contributed by atoms with van der Waals surface area (Å²) < 4.78 is 0. The van der Waals surface area contributed by atoms with Crippen molar-refractivity contribution >= 4 is 0 Å². The predicted molar refractivity (Wildman–Crippen MR) is 216 cm³/mol. The summed E-state index contributed by atoms with van der Waals surface area (Å²) in [7, 11) is 9.22. The van der Waals surface area contributed by atoms with E-state index in [0.29, 0.717) is 0 Å². The molecule has 48 heavy (non-hydrogen) atoms. The van der Waals surface area contributed by atoms with E-state index in [2.05, 4.69) is 109 Å². The Balaban J connectivity index is 5.08. The zero-order valence-corrected chi connectivity index (χ0v) is 34.8. The molecule has 0 bridgehead atoms. The molecular weight excluding hydrogens is 592 g/mol. The summed E-state index contributed by atoms with van der Waals surface area (Å²) in [4.78, 5) is 21.1. The number of unbranched alkanes of at least 4 members (excludes halogenated alkanes) is 4. The van der Waals surface area contributed by atoms with Crippen molar-refractivity contribution in [3.8, 4) is 0 Å². The average molecular weight is 683 g/mol. The maximum Gasteiger partial charge on any atom is 0.0110 e. The van der Waals surface area contributed by atoms with Crippen molar-refractivity contribution in [1.29, 1.82) is 0 Å². The average Bonchev–Trinajstić information content (AvgIpc) is 3.06. The Morgan fingerprint density at radius 3 is 0.812 bits per heavy atom. The monoisotopic (exact) mass is 683 g/mol. The van der Waals surface area contributed by atoms with Gasteiger partial charge in [-0.25, -0.2) is 0 Å². The smallest absolute Gasteiger partial charge is 0.0110 e. The number of hydrogen-bond donors (Lipinski definition) is 0. The van der Waals surface area contributed by atoms with E-state index in [9.17, 15) is 0 Å². The summed E-state index contributed by atoms with van der Waals surface area (Å²) in [5.41, 5.74) is 0. The topological polar surface area (TPSA) is 25.9 Å². The SMILES string of the molecule is CCCCCCN(CCCC)CCN(CCN(C)CCC)CCN(C)CCN(CCC)CCN(CCN(C)CCC)CCN(C)CCC. The first-order chi connectivity index (χ1) is 23.2. The van der Waals surface area contributed by atoms with E-state index in [1.165, 1.54) is 182 Å². The lowest BCUT2D eigenvalue weighted by Crippen LogP contribution is -2.45. The first-order valence-corrected chi connectivity index (χ1v) is 20.9. The third-order valence-electron chi connectivity index (χ3n) is 9.97. The molecule has 0 saturated carbocycles. The molecule has 0 spiro atoms. The molecule has 0 unspecified atom stereocenters. The van der Waals surface area contributed by atoms with Crippen molar-refractivity contribution in [2.45, 2.75) is 106 Å². The number of rotatable bonds is 37. The van der Waals surface area contributed by atoms with Gasteiger partial charge in [0.05, 0.1) is 0 Å². The van der Waals surface area contributed by atoms with Gasteiger partial charge in [0, 0.05) is 91.6 Å². The zero-order chi connectivity index (χ0) is 35.8. The molecule has 0 aliphatic carbocycles. The Bertz CT molecular complexity index is 637. The van der Waals surface area contributed by atoms with E-state index in [1.54, 1.807) is 0 Å². The van der Waals surface area contributed by atoms with Gasteiger partial charge in [-0.3, -0.25) is 9.80 Å². The van der Waals surface area contributed by atoms with Crippen LogP contribution in [0.2, 0.25) is 0 Å². The van der Waals surface area contributed by atoms with Crippen molar-refractivity contribution in [2.24, 2.45) is 0 Å². The van der Waals surface area contributed by atoms with E-state index in [1.807, 2.05) is 0 Å². The van der Waals surface area contributed by atoms with Gasteiger partial charge in [0.1, 0.15) is 0 Å². The van der Waals surface area contributed by atoms with Gasteiger partial charge in [-0.15, -0.1) is 0 Å². The fourth-order valence-corrected chi connectivity index (χ4v) is 6.52. The number of likely N-dealkylation sites (N-methyl/N-ethyl adjacent to an activating group) is 4. The van der Waals surface area contributed by atoms with E-state index in [0.717, 1.165) is 13.1 Å². The molecule has 0 atom stereocenters. The second-order valence-electron chi connectivity index (χ2n) is 15.0. The minimum atomic E-state index is 1.15. The Kier molecular flexibility index (Phi) is 33.6. The van der Waals surface area contributed by atoms with Crippen LogP contribution in [0.25, 0.3) is 0 Å². The van der Waals surface area contributed by atoms with Gasteiger partial charge < -0.3 is 29.4 Å². The van der Waals surface area contributed by atoms with Crippen LogP contribution >= 0.6 is 0 Å². The Morgan fingerprint density at radius 1 is 0.208 bits per heavy atom. The molecule has 0 rings (SSSR count). The molecule has 8 heteroatoms. The van der Waals surface area contributed by atoms with Gasteiger partial charge in [-0.05, 0) is 106 Å². The van der Waals surface area contributed by atoms with Crippen LogP contribution in [0.5, 0.6) is 0 Å². The van der Waals surface area contributed by atoms with E-state index >= 15 is 0 Å². The van der Waals surface area contributed by atoms with E-state index in [4.69, 9.17) is 0 Å². The lowest BCUT2D eigenvalue weighted by Gasteiger charge is -2.32. The summed E-state index contributed by atoms with van der Waals surface area (Å²) in [6, 6.07) is 0. The Hall–Kier alpha value is -0.320. The molecule has 0 aromatic rings. The van der Waals surface area contributed by atoms with Crippen LogP contribution in [-0.2, 0) is 0 Å². The molecule has 0 aliphatic rings. The molecule has 290 valence electrons. The zero-order valence-electron chi connectivity index (χ0n) is 34.8. The van der Waals surface area contributed by atoms with E-state index in [-0.39, 0.29) is 0 Å². The van der Waals surface area contributed by atoms with Crippen molar-refractivity contribution in [1.82, 2.24) is 39.2 Å². The third-order valence-corrected chi connectivity index (χ3v) is 9.97. The minimum Gasteiger partial charge on any atom is -0.305 e. The second-order valence-corrected chi connectivity index (χ2v) is 15.0. The summed E-state index contributed by atoms with van der Waals surface area (Å²) >= 11 is 0. The molecular formula is C40H90N8. The Labute approximate surface area is 303 Å². The van der Waals surface area contributed by atoms with Gasteiger partial charge in [0.2, 0.25) is 0 Å². The highest BCUT2D eigenvalue weighted by Gasteiger charge is 2.14. The van der Waals surface area contributed by atoms with Gasteiger partial charge in [0.25, 0.3) is 0 Å². The normalized spacial score (nSPS) is 12.6. The van der Waals surface area contributed by atoms with Crippen molar-refractivity contribution in [3.05, 3.63) is 0 Å². The van der Waals surface area contributed by atoms with Crippen LogP contribution in [0.1, 0.15) is 106 Å². The van der Waals surface area contributed by atoms with Gasteiger partial charge >= 0.3 is 0 Å². The maximum absolute atomic E-state index is 2.77. The predicted octanol–water partition coefficient (Wildman–Crippen LogP) is 5.94. The third kappa shape index (κ3) is 28.4. The van der Waals surface area contributed by atoms with Gasteiger partial charge in [-0.1, -0.05) is 67.2 Å². The van der Waals surface area contributed by atoms with Crippen LogP contribution < -0.4 is 0 Å². The molecule has 0 heterocycles. The number of nitrogens with zero attached hydrogens (tertiary/aromatic N) is 8. The fraction of sp³-hybridized carbons (Fsp3) is 1.00. The highest BCUT2D eigenvalue weighted by Crippen LogP contribution is 2.05. The molecule has 0 N–H and O–H groups in total.